The molecule has 1 aliphatic carbocycles. The predicted octanol–water partition coefficient (Wildman–Crippen LogP) is 0.0253. The van der Waals surface area contributed by atoms with Crippen molar-refractivity contribution in [3.05, 3.63) is 0 Å². The van der Waals surface area contributed by atoms with Gasteiger partial charge in [-0.2, -0.15) is 0 Å². The SMILES string of the molecule is O=C(O)C1CCCCC1C(=O)O.O=C(O)CO. The van der Waals surface area contributed by atoms with Gasteiger partial charge in [0.1, 0.15) is 6.61 Å². The molecule has 1 fully saturated rings. The number of aliphatic hydroxyl groups is 1. The van der Waals surface area contributed by atoms with Crippen LogP contribution < -0.4 is 0 Å². The highest BCUT2D eigenvalue weighted by Gasteiger charge is 2.35. The van der Waals surface area contributed by atoms with Crippen LogP contribution in [0.5, 0.6) is 0 Å². The number of aliphatic hydroxyl groups excluding tert-OH is 1. The highest BCUT2D eigenvalue weighted by Crippen LogP contribution is 2.30. The Labute approximate surface area is 97.7 Å². The fourth-order valence-electron chi connectivity index (χ4n) is 1.72. The monoisotopic (exact) mass is 248 g/mol. The van der Waals surface area contributed by atoms with Gasteiger partial charge in [0.2, 0.25) is 0 Å². The molecule has 0 aromatic heterocycles. The van der Waals surface area contributed by atoms with Gasteiger partial charge in [-0.15, -0.1) is 0 Å². The van der Waals surface area contributed by atoms with E-state index in [0.29, 0.717) is 12.8 Å². The first-order valence-corrected chi connectivity index (χ1v) is 5.18. The molecule has 1 rings (SSSR count). The van der Waals surface area contributed by atoms with Crippen molar-refractivity contribution in [1.82, 2.24) is 0 Å². The lowest BCUT2D eigenvalue weighted by atomic mass is 9.79. The summed E-state index contributed by atoms with van der Waals surface area (Å²) in [6.07, 6.45) is 2.68. The van der Waals surface area contributed by atoms with Gasteiger partial charge in [0.05, 0.1) is 11.8 Å². The summed E-state index contributed by atoms with van der Waals surface area (Å²) in [5, 5.41) is 32.4. The molecule has 0 bridgehead atoms. The number of rotatable bonds is 3. The Bertz CT molecular complexity index is 264. The summed E-state index contributed by atoms with van der Waals surface area (Å²) in [4.78, 5) is 30.3. The van der Waals surface area contributed by atoms with Crippen LogP contribution in [0.25, 0.3) is 0 Å². The number of hydrogen-bond donors (Lipinski definition) is 4. The molecule has 17 heavy (non-hydrogen) atoms. The van der Waals surface area contributed by atoms with E-state index in [4.69, 9.17) is 25.2 Å². The Morgan fingerprint density at radius 3 is 1.35 bits per heavy atom. The zero-order valence-electron chi connectivity index (χ0n) is 9.20. The Balaban J connectivity index is 0.000000437. The molecule has 1 aliphatic rings. The Kier molecular flexibility index (Phi) is 6.88. The van der Waals surface area contributed by atoms with E-state index in [1.54, 1.807) is 0 Å². The summed E-state index contributed by atoms with van der Waals surface area (Å²) >= 11 is 0. The fraction of sp³-hybridized carbons (Fsp3) is 0.700. The average Bonchev–Trinajstić information content (AvgIpc) is 2.29. The lowest BCUT2D eigenvalue weighted by Crippen LogP contribution is -2.32. The van der Waals surface area contributed by atoms with Crippen molar-refractivity contribution in [1.29, 1.82) is 0 Å². The first-order chi connectivity index (χ1) is 7.90. The molecule has 2 unspecified atom stereocenters. The molecule has 2 atom stereocenters. The molecule has 7 nitrogen and oxygen atoms in total. The van der Waals surface area contributed by atoms with Crippen LogP contribution in [0.1, 0.15) is 25.7 Å². The smallest absolute Gasteiger partial charge is 0.329 e. The summed E-state index contributed by atoms with van der Waals surface area (Å²) in [5.74, 6) is -4.47. The van der Waals surface area contributed by atoms with E-state index in [9.17, 15) is 9.59 Å². The van der Waals surface area contributed by atoms with E-state index in [-0.39, 0.29) is 0 Å². The van der Waals surface area contributed by atoms with Gasteiger partial charge in [0.15, 0.2) is 0 Å². The zero-order valence-corrected chi connectivity index (χ0v) is 9.20. The molecule has 0 aromatic rings. The number of carbonyl (C=O) groups is 3. The molecule has 0 radical (unpaired) electrons. The maximum atomic E-state index is 10.6. The van der Waals surface area contributed by atoms with Gasteiger partial charge in [-0.25, -0.2) is 4.79 Å². The third-order valence-corrected chi connectivity index (χ3v) is 2.54. The number of hydrogen-bond acceptors (Lipinski definition) is 4. The van der Waals surface area contributed by atoms with Gasteiger partial charge in [-0.3, -0.25) is 9.59 Å². The molecule has 98 valence electrons. The fourth-order valence-corrected chi connectivity index (χ4v) is 1.72. The largest absolute Gasteiger partial charge is 0.481 e. The van der Waals surface area contributed by atoms with Crippen LogP contribution in [0.3, 0.4) is 0 Å². The number of carboxylic acids is 3. The van der Waals surface area contributed by atoms with E-state index < -0.39 is 36.4 Å². The summed E-state index contributed by atoms with van der Waals surface area (Å²) in [6.45, 7) is -0.778. The summed E-state index contributed by atoms with van der Waals surface area (Å²) in [7, 11) is 0. The maximum absolute atomic E-state index is 10.6. The molecule has 0 aromatic carbocycles. The molecule has 0 spiro atoms. The summed E-state index contributed by atoms with van der Waals surface area (Å²) in [6, 6.07) is 0. The Morgan fingerprint density at radius 2 is 1.18 bits per heavy atom. The second-order valence-electron chi connectivity index (χ2n) is 3.73. The van der Waals surface area contributed by atoms with Gasteiger partial charge < -0.3 is 20.4 Å². The molecule has 0 saturated heterocycles. The van der Waals surface area contributed by atoms with Crippen molar-refractivity contribution >= 4 is 17.9 Å². The Morgan fingerprint density at radius 1 is 0.882 bits per heavy atom. The normalized spacial score (nSPS) is 23.1. The molecule has 4 N–H and O–H groups in total. The third-order valence-electron chi connectivity index (χ3n) is 2.54. The van der Waals surface area contributed by atoms with Gasteiger partial charge >= 0.3 is 17.9 Å². The number of aliphatic carboxylic acids is 3. The number of carboxylic acid groups (broad SMARTS) is 3. The third kappa shape index (κ3) is 5.86. The van der Waals surface area contributed by atoms with Crippen LogP contribution in [0.4, 0.5) is 0 Å². The second kappa shape index (κ2) is 7.61. The van der Waals surface area contributed by atoms with E-state index in [1.807, 2.05) is 0 Å². The molecule has 0 heterocycles. The van der Waals surface area contributed by atoms with E-state index >= 15 is 0 Å². The van der Waals surface area contributed by atoms with Crippen molar-refractivity contribution in [2.75, 3.05) is 6.61 Å². The minimum Gasteiger partial charge on any atom is -0.481 e. The van der Waals surface area contributed by atoms with Crippen molar-refractivity contribution in [2.24, 2.45) is 11.8 Å². The van der Waals surface area contributed by atoms with Gasteiger partial charge in [-0.05, 0) is 12.8 Å². The first kappa shape index (κ1) is 15.4. The minimum absolute atomic E-state index is 0.506. The van der Waals surface area contributed by atoms with Crippen molar-refractivity contribution in [3.63, 3.8) is 0 Å². The lowest BCUT2D eigenvalue weighted by Gasteiger charge is -2.24. The van der Waals surface area contributed by atoms with Crippen molar-refractivity contribution < 1.29 is 34.8 Å². The summed E-state index contributed by atoms with van der Waals surface area (Å²) in [5.41, 5.74) is 0. The molecular weight excluding hydrogens is 232 g/mol. The van der Waals surface area contributed by atoms with E-state index in [2.05, 4.69) is 0 Å². The zero-order chi connectivity index (χ0) is 13.4. The van der Waals surface area contributed by atoms with Gasteiger partial charge in [0.25, 0.3) is 0 Å². The van der Waals surface area contributed by atoms with Crippen LogP contribution in [0.2, 0.25) is 0 Å². The molecular formula is C10H16O7. The molecule has 0 aliphatic heterocycles. The van der Waals surface area contributed by atoms with Gasteiger partial charge in [-0.1, -0.05) is 12.8 Å². The minimum atomic E-state index is -1.19. The highest BCUT2D eigenvalue weighted by molar-refractivity contribution is 5.80. The van der Waals surface area contributed by atoms with Crippen molar-refractivity contribution in [3.8, 4) is 0 Å². The van der Waals surface area contributed by atoms with E-state index in [1.165, 1.54) is 0 Å². The van der Waals surface area contributed by atoms with Crippen LogP contribution in [-0.2, 0) is 14.4 Å². The standard InChI is InChI=1S/C8H12O4.C2H4O3/c9-7(10)5-3-1-2-4-6(5)8(11)12;3-1-2(4)5/h5-6H,1-4H2,(H,9,10)(H,11,12);3H,1H2,(H,4,5). The highest BCUT2D eigenvalue weighted by atomic mass is 16.4. The van der Waals surface area contributed by atoms with Crippen LogP contribution in [0, 0.1) is 11.8 Å². The quantitative estimate of drug-likeness (QED) is 0.553. The van der Waals surface area contributed by atoms with Gasteiger partial charge in [0, 0.05) is 0 Å². The lowest BCUT2D eigenvalue weighted by molar-refractivity contribution is -0.155. The molecule has 1 saturated carbocycles. The van der Waals surface area contributed by atoms with Crippen molar-refractivity contribution in [2.45, 2.75) is 25.7 Å². The summed E-state index contributed by atoms with van der Waals surface area (Å²) < 4.78 is 0. The molecule has 7 heteroatoms. The van der Waals surface area contributed by atoms with Crippen LogP contribution in [0.15, 0.2) is 0 Å². The average molecular weight is 248 g/mol. The maximum Gasteiger partial charge on any atom is 0.329 e. The Hall–Kier alpha value is -1.63. The second-order valence-corrected chi connectivity index (χ2v) is 3.73. The topological polar surface area (TPSA) is 132 Å². The van der Waals surface area contributed by atoms with E-state index in [0.717, 1.165) is 12.8 Å². The first-order valence-electron chi connectivity index (χ1n) is 5.18. The van der Waals surface area contributed by atoms with Crippen LogP contribution in [-0.4, -0.2) is 44.9 Å². The van der Waals surface area contributed by atoms with Crippen LogP contribution >= 0.6 is 0 Å². The predicted molar refractivity (Wildman–Crippen MR) is 55.4 cm³/mol. The molecule has 0 amide bonds.